The van der Waals surface area contributed by atoms with Crippen LogP contribution < -0.4 is 4.31 Å². The minimum absolute atomic E-state index is 0.0203. The summed E-state index contributed by atoms with van der Waals surface area (Å²) in [5, 5.41) is 9.67. The van der Waals surface area contributed by atoms with Gasteiger partial charge in [-0.2, -0.15) is 0 Å². The van der Waals surface area contributed by atoms with Crippen molar-refractivity contribution in [3.63, 3.8) is 0 Å². The number of hydrogen-bond donors (Lipinski definition) is 1. The number of nitrogens with zero attached hydrogens (tertiary/aromatic N) is 1. The van der Waals surface area contributed by atoms with Gasteiger partial charge in [0.1, 0.15) is 5.75 Å². The summed E-state index contributed by atoms with van der Waals surface area (Å²) >= 11 is 3.53. The van der Waals surface area contributed by atoms with Crippen LogP contribution in [0.2, 0.25) is 0 Å². The predicted octanol–water partition coefficient (Wildman–Crippen LogP) is 6.12. The molecule has 1 N–H and O–H groups in total. The summed E-state index contributed by atoms with van der Waals surface area (Å²) in [5.74, 6) is 0.0203. The van der Waals surface area contributed by atoms with Crippen molar-refractivity contribution in [1.82, 2.24) is 0 Å². The first-order chi connectivity index (χ1) is 15.0. The lowest BCUT2D eigenvalue weighted by atomic mass is 9.86. The molecule has 0 radical (unpaired) electrons. The molecule has 0 aliphatic carbocycles. The maximum Gasteiger partial charge on any atom is 0.265 e. The average Bonchev–Trinajstić information content (AvgIpc) is 2.79. The standard InChI is InChI=1S/C25H18BrNO3S/c26-18-10-15-24-23(16-18)21-8-4-5-9-22(21)25(17-6-2-1-3-7-17)27(24)31(29,30)20-13-11-19(28)12-14-20/h1-16,25,28H. The zero-order chi connectivity index (χ0) is 21.6. The van der Waals surface area contributed by atoms with Crippen molar-refractivity contribution in [2.75, 3.05) is 4.31 Å². The lowest BCUT2D eigenvalue weighted by Crippen LogP contribution is -2.38. The topological polar surface area (TPSA) is 57.6 Å². The highest BCUT2D eigenvalue weighted by molar-refractivity contribution is 9.10. The highest BCUT2D eigenvalue weighted by Crippen LogP contribution is 2.50. The molecule has 0 bridgehead atoms. The Morgan fingerprint density at radius 1 is 0.774 bits per heavy atom. The van der Waals surface area contributed by atoms with Crippen LogP contribution in [0.25, 0.3) is 11.1 Å². The van der Waals surface area contributed by atoms with Crippen molar-refractivity contribution >= 4 is 31.6 Å². The molecule has 1 heterocycles. The van der Waals surface area contributed by atoms with Crippen LogP contribution in [0.3, 0.4) is 0 Å². The molecule has 1 unspecified atom stereocenters. The van der Waals surface area contributed by atoms with E-state index < -0.39 is 16.1 Å². The Morgan fingerprint density at radius 2 is 1.45 bits per heavy atom. The van der Waals surface area contributed by atoms with Gasteiger partial charge in [-0.05, 0) is 59.2 Å². The minimum atomic E-state index is -3.94. The van der Waals surface area contributed by atoms with Gasteiger partial charge >= 0.3 is 0 Å². The van der Waals surface area contributed by atoms with Crippen molar-refractivity contribution in [3.8, 4) is 16.9 Å². The number of halogens is 1. The summed E-state index contributed by atoms with van der Waals surface area (Å²) in [5.41, 5.74) is 4.26. The van der Waals surface area contributed by atoms with E-state index in [9.17, 15) is 13.5 Å². The Kier molecular flexibility index (Phi) is 4.84. The van der Waals surface area contributed by atoms with E-state index in [4.69, 9.17) is 0 Å². The highest BCUT2D eigenvalue weighted by Gasteiger charge is 2.39. The van der Waals surface area contributed by atoms with Crippen molar-refractivity contribution in [2.24, 2.45) is 0 Å². The Morgan fingerprint density at radius 3 is 2.19 bits per heavy atom. The maximum atomic E-state index is 14.0. The van der Waals surface area contributed by atoms with Gasteiger partial charge in [0.05, 0.1) is 16.6 Å². The molecule has 154 valence electrons. The number of rotatable bonds is 3. The van der Waals surface area contributed by atoms with E-state index in [0.29, 0.717) is 5.69 Å². The van der Waals surface area contributed by atoms with Gasteiger partial charge in [0.2, 0.25) is 0 Å². The molecule has 1 aliphatic heterocycles. The van der Waals surface area contributed by atoms with Gasteiger partial charge in [0.25, 0.3) is 10.0 Å². The number of fused-ring (bicyclic) bond motifs is 3. The third-order valence-electron chi connectivity index (χ3n) is 5.48. The number of aromatic hydroxyl groups is 1. The SMILES string of the molecule is O=S(=O)(c1ccc(O)cc1)N1c2ccc(Br)cc2-c2ccccc2C1c1ccccc1. The molecule has 0 saturated carbocycles. The van der Waals surface area contributed by atoms with E-state index in [1.165, 1.54) is 28.6 Å². The predicted molar refractivity (Wildman–Crippen MR) is 126 cm³/mol. The van der Waals surface area contributed by atoms with E-state index in [0.717, 1.165) is 26.7 Å². The normalized spacial score (nSPS) is 15.3. The average molecular weight is 492 g/mol. The van der Waals surface area contributed by atoms with Crippen molar-refractivity contribution in [1.29, 1.82) is 0 Å². The largest absolute Gasteiger partial charge is 0.508 e. The van der Waals surface area contributed by atoms with E-state index in [1.807, 2.05) is 72.8 Å². The number of phenolic OH excluding ortho intramolecular Hbond substituents is 1. The Labute approximate surface area is 189 Å². The molecule has 4 aromatic carbocycles. The number of hydrogen-bond acceptors (Lipinski definition) is 3. The summed E-state index contributed by atoms with van der Waals surface area (Å²) in [6, 6.07) is 28.3. The molecule has 6 heteroatoms. The summed E-state index contributed by atoms with van der Waals surface area (Å²) in [6.07, 6.45) is 0. The number of benzene rings is 4. The summed E-state index contributed by atoms with van der Waals surface area (Å²) in [6.45, 7) is 0. The van der Waals surface area contributed by atoms with Crippen LogP contribution in [-0.2, 0) is 10.0 Å². The second-order valence-electron chi connectivity index (χ2n) is 7.36. The second kappa shape index (κ2) is 7.55. The second-order valence-corrected chi connectivity index (χ2v) is 10.1. The summed E-state index contributed by atoms with van der Waals surface area (Å²) < 4.78 is 30.3. The van der Waals surface area contributed by atoms with Gasteiger partial charge in [-0.25, -0.2) is 8.42 Å². The Bertz CT molecular complexity index is 1370. The van der Waals surface area contributed by atoms with Gasteiger partial charge in [0, 0.05) is 10.0 Å². The summed E-state index contributed by atoms with van der Waals surface area (Å²) in [4.78, 5) is 0.125. The summed E-state index contributed by atoms with van der Waals surface area (Å²) in [7, 11) is -3.94. The van der Waals surface area contributed by atoms with E-state index >= 15 is 0 Å². The molecular formula is C25H18BrNO3S. The molecule has 0 aromatic heterocycles. The zero-order valence-electron chi connectivity index (χ0n) is 16.3. The van der Waals surface area contributed by atoms with Gasteiger partial charge in [-0.3, -0.25) is 4.31 Å². The lowest BCUT2D eigenvalue weighted by molar-refractivity contribution is 0.474. The smallest absolute Gasteiger partial charge is 0.265 e. The van der Waals surface area contributed by atoms with E-state index in [2.05, 4.69) is 15.9 Å². The van der Waals surface area contributed by atoms with Gasteiger partial charge in [-0.1, -0.05) is 70.5 Å². The molecule has 1 atom stereocenters. The molecular weight excluding hydrogens is 474 g/mol. The van der Waals surface area contributed by atoms with Crippen LogP contribution in [0.1, 0.15) is 17.2 Å². The third kappa shape index (κ3) is 3.32. The zero-order valence-corrected chi connectivity index (χ0v) is 18.7. The van der Waals surface area contributed by atoms with Gasteiger partial charge in [0.15, 0.2) is 0 Å². The van der Waals surface area contributed by atoms with Crippen LogP contribution in [-0.4, -0.2) is 13.5 Å². The van der Waals surface area contributed by atoms with Crippen LogP contribution in [0.5, 0.6) is 5.75 Å². The first kappa shape index (κ1) is 19.8. The molecule has 0 amide bonds. The number of sulfonamides is 1. The molecule has 0 fully saturated rings. The van der Waals surface area contributed by atoms with Crippen molar-refractivity contribution < 1.29 is 13.5 Å². The quantitative estimate of drug-likeness (QED) is 0.375. The van der Waals surface area contributed by atoms with Crippen LogP contribution in [0.15, 0.2) is 106 Å². The molecule has 0 saturated heterocycles. The first-order valence-electron chi connectivity index (χ1n) is 9.74. The van der Waals surface area contributed by atoms with Gasteiger partial charge in [-0.15, -0.1) is 0 Å². The fourth-order valence-electron chi connectivity index (χ4n) is 4.11. The number of phenols is 1. The molecule has 31 heavy (non-hydrogen) atoms. The lowest BCUT2D eigenvalue weighted by Gasteiger charge is -2.39. The minimum Gasteiger partial charge on any atom is -0.508 e. The monoisotopic (exact) mass is 491 g/mol. The van der Waals surface area contributed by atoms with Crippen LogP contribution in [0, 0.1) is 0 Å². The third-order valence-corrected chi connectivity index (χ3v) is 7.77. The fraction of sp³-hybridized carbons (Fsp3) is 0.0400. The Balaban J connectivity index is 1.83. The van der Waals surface area contributed by atoms with Crippen LogP contribution >= 0.6 is 15.9 Å². The molecule has 4 aromatic rings. The fourth-order valence-corrected chi connectivity index (χ4v) is 6.11. The van der Waals surface area contributed by atoms with Crippen LogP contribution in [0.4, 0.5) is 5.69 Å². The molecule has 5 rings (SSSR count). The van der Waals surface area contributed by atoms with Crippen molar-refractivity contribution in [3.05, 3.63) is 113 Å². The maximum absolute atomic E-state index is 14.0. The first-order valence-corrected chi connectivity index (χ1v) is 12.0. The molecule has 1 aliphatic rings. The molecule has 4 nitrogen and oxygen atoms in total. The van der Waals surface area contributed by atoms with E-state index in [-0.39, 0.29) is 10.6 Å². The van der Waals surface area contributed by atoms with Gasteiger partial charge < -0.3 is 5.11 Å². The highest BCUT2D eigenvalue weighted by atomic mass is 79.9. The number of anilines is 1. The molecule has 0 spiro atoms. The van der Waals surface area contributed by atoms with E-state index in [1.54, 1.807) is 0 Å². The van der Waals surface area contributed by atoms with Crippen molar-refractivity contribution in [2.45, 2.75) is 10.9 Å². The Hall–Kier alpha value is -3.09.